The Balaban J connectivity index is 2.06. The van der Waals surface area contributed by atoms with Gasteiger partial charge in [-0.15, -0.1) is 11.8 Å². The molecule has 0 aliphatic carbocycles. The molecule has 0 saturated carbocycles. The minimum atomic E-state index is -0.165. The highest BCUT2D eigenvalue weighted by Gasteiger charge is 2.14. The Morgan fingerprint density at radius 3 is 3.00 bits per heavy atom. The number of nitrogens with zero attached hydrogens (tertiary/aromatic N) is 3. The van der Waals surface area contributed by atoms with Gasteiger partial charge in [0.2, 0.25) is 5.82 Å². The molecular weight excluding hydrogens is 248 g/mol. The summed E-state index contributed by atoms with van der Waals surface area (Å²) in [6.07, 6.45) is 3.36. The van der Waals surface area contributed by atoms with E-state index >= 15 is 0 Å². The number of amides is 1. The third kappa shape index (κ3) is 2.89. The molecule has 1 N–H and O–H groups in total. The molecule has 0 bridgehead atoms. The third-order valence-corrected chi connectivity index (χ3v) is 3.24. The summed E-state index contributed by atoms with van der Waals surface area (Å²) in [6, 6.07) is 8.12. The van der Waals surface area contributed by atoms with Crippen molar-refractivity contribution in [3.63, 3.8) is 0 Å². The Labute approximate surface area is 110 Å². The molecule has 2 aromatic rings. The van der Waals surface area contributed by atoms with Crippen molar-refractivity contribution in [3.05, 3.63) is 42.0 Å². The molecule has 1 aromatic carbocycles. The molecule has 6 heteroatoms. The summed E-state index contributed by atoms with van der Waals surface area (Å²) >= 11 is 1.68. The van der Waals surface area contributed by atoms with Crippen LogP contribution in [-0.4, -0.2) is 39.3 Å². The predicted molar refractivity (Wildman–Crippen MR) is 70.4 cm³/mol. The molecule has 5 nitrogen and oxygen atoms in total. The van der Waals surface area contributed by atoms with Gasteiger partial charge in [-0.25, -0.2) is 4.98 Å². The van der Waals surface area contributed by atoms with Gasteiger partial charge in [-0.1, -0.05) is 12.1 Å². The van der Waals surface area contributed by atoms with E-state index in [9.17, 15) is 4.79 Å². The summed E-state index contributed by atoms with van der Waals surface area (Å²) in [4.78, 5) is 18.6. The molecule has 1 amide bonds. The minimum Gasteiger partial charge on any atom is -0.335 e. The zero-order valence-electron chi connectivity index (χ0n) is 10.3. The number of thioether (sulfide) groups is 1. The van der Waals surface area contributed by atoms with E-state index in [1.54, 1.807) is 23.7 Å². The van der Waals surface area contributed by atoms with Crippen LogP contribution in [-0.2, 0) is 6.54 Å². The number of H-pyrrole nitrogens is 1. The Bertz CT molecular complexity index is 527. The standard InChI is InChI=1S/C12H14N4OS/c1-16(12(17)11-13-8-14-15-11)7-9-4-3-5-10(6-9)18-2/h3-6,8H,7H2,1-2H3,(H,13,14,15). The van der Waals surface area contributed by atoms with Crippen LogP contribution in [0.25, 0.3) is 0 Å². The highest BCUT2D eigenvalue weighted by molar-refractivity contribution is 7.98. The van der Waals surface area contributed by atoms with Gasteiger partial charge in [0.05, 0.1) is 0 Å². The highest BCUT2D eigenvalue weighted by atomic mass is 32.2. The van der Waals surface area contributed by atoms with Crippen LogP contribution in [0.4, 0.5) is 0 Å². The lowest BCUT2D eigenvalue weighted by Gasteiger charge is -2.15. The summed E-state index contributed by atoms with van der Waals surface area (Å²) in [5.41, 5.74) is 1.09. The second-order valence-corrected chi connectivity index (χ2v) is 4.73. The largest absolute Gasteiger partial charge is 0.335 e. The molecule has 0 aliphatic rings. The maximum absolute atomic E-state index is 12.0. The average Bonchev–Trinajstić information content (AvgIpc) is 2.92. The number of hydrogen-bond acceptors (Lipinski definition) is 4. The molecule has 0 fully saturated rings. The number of rotatable bonds is 4. The van der Waals surface area contributed by atoms with Crippen LogP contribution in [0.2, 0.25) is 0 Å². The highest BCUT2D eigenvalue weighted by Crippen LogP contribution is 2.16. The minimum absolute atomic E-state index is 0.165. The molecule has 0 atom stereocenters. The number of hydrogen-bond donors (Lipinski definition) is 1. The van der Waals surface area contributed by atoms with E-state index in [4.69, 9.17) is 0 Å². The second-order valence-electron chi connectivity index (χ2n) is 3.85. The van der Waals surface area contributed by atoms with Crippen LogP contribution in [0.3, 0.4) is 0 Å². The Hall–Kier alpha value is -1.82. The maximum Gasteiger partial charge on any atom is 0.291 e. The molecule has 1 heterocycles. The number of carbonyl (C=O) groups excluding carboxylic acids is 1. The van der Waals surface area contributed by atoms with E-state index in [0.717, 1.165) is 5.56 Å². The molecule has 1 aromatic heterocycles. The van der Waals surface area contributed by atoms with Crippen LogP contribution >= 0.6 is 11.8 Å². The van der Waals surface area contributed by atoms with Crippen molar-refractivity contribution in [1.29, 1.82) is 0 Å². The van der Waals surface area contributed by atoms with Crippen LogP contribution in [0.15, 0.2) is 35.5 Å². The van der Waals surface area contributed by atoms with Crippen molar-refractivity contribution in [2.45, 2.75) is 11.4 Å². The van der Waals surface area contributed by atoms with E-state index in [0.29, 0.717) is 6.54 Å². The van der Waals surface area contributed by atoms with Crippen LogP contribution in [0, 0.1) is 0 Å². The first-order chi connectivity index (χ1) is 8.70. The summed E-state index contributed by atoms with van der Waals surface area (Å²) in [5, 5.41) is 6.24. The Morgan fingerprint density at radius 1 is 1.50 bits per heavy atom. The quantitative estimate of drug-likeness (QED) is 0.853. The van der Waals surface area contributed by atoms with Crippen molar-refractivity contribution in [2.24, 2.45) is 0 Å². The van der Waals surface area contributed by atoms with Crippen molar-refractivity contribution in [1.82, 2.24) is 20.1 Å². The molecular formula is C12H14N4OS. The van der Waals surface area contributed by atoms with Gasteiger partial charge in [0.1, 0.15) is 6.33 Å². The first-order valence-electron chi connectivity index (χ1n) is 5.44. The zero-order chi connectivity index (χ0) is 13.0. The maximum atomic E-state index is 12.0. The SMILES string of the molecule is CSc1cccc(CN(C)C(=O)c2ncn[nH]2)c1. The number of benzene rings is 1. The molecule has 0 saturated heterocycles. The summed E-state index contributed by atoms with van der Waals surface area (Å²) < 4.78 is 0. The average molecular weight is 262 g/mol. The molecule has 0 aliphatic heterocycles. The van der Waals surface area contributed by atoms with E-state index in [-0.39, 0.29) is 11.7 Å². The Kier molecular flexibility index (Phi) is 3.99. The lowest BCUT2D eigenvalue weighted by Crippen LogP contribution is -2.27. The van der Waals surface area contributed by atoms with Gasteiger partial charge in [-0.05, 0) is 24.0 Å². The van der Waals surface area contributed by atoms with Gasteiger partial charge in [-0.3, -0.25) is 9.89 Å². The molecule has 0 spiro atoms. The summed E-state index contributed by atoms with van der Waals surface area (Å²) in [6.45, 7) is 0.550. The van der Waals surface area contributed by atoms with Gasteiger partial charge >= 0.3 is 0 Å². The van der Waals surface area contributed by atoms with Crippen molar-refractivity contribution >= 4 is 17.7 Å². The van der Waals surface area contributed by atoms with Gasteiger partial charge < -0.3 is 4.90 Å². The third-order valence-electron chi connectivity index (χ3n) is 2.52. The van der Waals surface area contributed by atoms with Gasteiger partial charge in [-0.2, -0.15) is 5.10 Å². The van der Waals surface area contributed by atoms with Crippen LogP contribution in [0.1, 0.15) is 16.2 Å². The van der Waals surface area contributed by atoms with Crippen molar-refractivity contribution in [2.75, 3.05) is 13.3 Å². The van der Waals surface area contributed by atoms with Gasteiger partial charge in [0.25, 0.3) is 5.91 Å². The topological polar surface area (TPSA) is 61.9 Å². The molecule has 18 heavy (non-hydrogen) atoms. The second kappa shape index (κ2) is 5.68. The first kappa shape index (κ1) is 12.6. The Morgan fingerprint density at radius 2 is 2.33 bits per heavy atom. The normalized spacial score (nSPS) is 10.3. The van der Waals surface area contributed by atoms with Crippen molar-refractivity contribution in [3.8, 4) is 0 Å². The molecule has 2 rings (SSSR count). The summed E-state index contributed by atoms with van der Waals surface area (Å²) in [5.74, 6) is 0.0978. The fourth-order valence-corrected chi connectivity index (χ4v) is 2.09. The van der Waals surface area contributed by atoms with E-state index < -0.39 is 0 Å². The molecule has 0 unspecified atom stereocenters. The lowest BCUT2D eigenvalue weighted by atomic mass is 10.2. The number of aromatic nitrogens is 3. The first-order valence-corrected chi connectivity index (χ1v) is 6.67. The van der Waals surface area contributed by atoms with Gasteiger partial charge in [0.15, 0.2) is 0 Å². The summed E-state index contributed by atoms with van der Waals surface area (Å²) in [7, 11) is 1.75. The fraction of sp³-hybridized carbons (Fsp3) is 0.250. The zero-order valence-corrected chi connectivity index (χ0v) is 11.1. The van der Waals surface area contributed by atoms with Gasteiger partial charge in [0, 0.05) is 18.5 Å². The lowest BCUT2D eigenvalue weighted by molar-refractivity contribution is 0.0773. The molecule has 0 radical (unpaired) electrons. The predicted octanol–water partition coefficient (Wildman–Crippen LogP) is 1.80. The molecule has 94 valence electrons. The van der Waals surface area contributed by atoms with E-state index in [2.05, 4.69) is 21.2 Å². The number of carbonyl (C=O) groups is 1. The smallest absolute Gasteiger partial charge is 0.291 e. The number of nitrogens with one attached hydrogen (secondary N) is 1. The van der Waals surface area contributed by atoms with E-state index in [1.165, 1.54) is 11.2 Å². The fourth-order valence-electron chi connectivity index (χ4n) is 1.61. The van der Waals surface area contributed by atoms with Crippen molar-refractivity contribution < 1.29 is 4.79 Å². The van der Waals surface area contributed by atoms with Crippen LogP contribution < -0.4 is 0 Å². The number of aromatic amines is 1. The van der Waals surface area contributed by atoms with E-state index in [1.807, 2.05) is 24.5 Å². The van der Waals surface area contributed by atoms with Crippen LogP contribution in [0.5, 0.6) is 0 Å². The monoisotopic (exact) mass is 262 g/mol.